The number of benzene rings is 1. The van der Waals surface area contributed by atoms with Gasteiger partial charge in [0.2, 0.25) is 0 Å². The maximum absolute atomic E-state index is 12.9. The van der Waals surface area contributed by atoms with Crippen LogP contribution in [0, 0.1) is 11.6 Å². The van der Waals surface area contributed by atoms with Gasteiger partial charge in [0.05, 0.1) is 5.69 Å². The largest absolute Gasteiger partial charge is 0.397 e. The normalized spacial score (nSPS) is 9.69. The predicted octanol–water partition coefficient (Wildman–Crippen LogP) is 1.04. The van der Waals surface area contributed by atoms with Gasteiger partial charge in [-0.2, -0.15) is 0 Å². The number of halogens is 2. The number of hydrogen-bond donors (Lipinski definition) is 3. The zero-order valence-corrected chi connectivity index (χ0v) is 6.47. The molecule has 5 N–H and O–H groups in total. The van der Waals surface area contributed by atoms with Crippen LogP contribution in [0.15, 0.2) is 12.1 Å². The SMILES string of the molecule is NC(=O)Nc1c(N)cc(F)cc1F. The van der Waals surface area contributed by atoms with Crippen LogP contribution in [0.5, 0.6) is 0 Å². The van der Waals surface area contributed by atoms with E-state index in [9.17, 15) is 13.6 Å². The molecule has 0 aromatic heterocycles. The molecule has 0 spiro atoms. The van der Waals surface area contributed by atoms with Crippen LogP contribution in [0.3, 0.4) is 0 Å². The lowest BCUT2D eigenvalue weighted by molar-refractivity contribution is 0.259. The second-order valence-electron chi connectivity index (χ2n) is 2.34. The van der Waals surface area contributed by atoms with Gasteiger partial charge >= 0.3 is 6.03 Å². The molecule has 0 unspecified atom stereocenters. The predicted molar refractivity (Wildman–Crippen MR) is 44.0 cm³/mol. The van der Waals surface area contributed by atoms with Gasteiger partial charge in [-0.15, -0.1) is 0 Å². The maximum Gasteiger partial charge on any atom is 0.316 e. The molecule has 6 heteroatoms. The van der Waals surface area contributed by atoms with Crippen molar-refractivity contribution in [2.24, 2.45) is 5.73 Å². The average molecular weight is 187 g/mol. The summed E-state index contributed by atoms with van der Waals surface area (Å²) in [6, 6.07) is 0.521. The van der Waals surface area contributed by atoms with Crippen molar-refractivity contribution in [1.82, 2.24) is 0 Å². The molecule has 1 aromatic carbocycles. The molecular weight excluding hydrogens is 180 g/mol. The first kappa shape index (κ1) is 9.24. The Hall–Kier alpha value is -1.85. The molecule has 1 aromatic rings. The van der Waals surface area contributed by atoms with Crippen LogP contribution in [-0.4, -0.2) is 6.03 Å². The van der Waals surface area contributed by atoms with Crippen molar-refractivity contribution in [3.05, 3.63) is 23.8 Å². The highest BCUT2D eigenvalue weighted by Gasteiger charge is 2.09. The van der Waals surface area contributed by atoms with E-state index >= 15 is 0 Å². The number of anilines is 2. The maximum atomic E-state index is 12.9. The van der Waals surface area contributed by atoms with E-state index in [1.165, 1.54) is 0 Å². The minimum absolute atomic E-state index is 0.212. The number of carbonyl (C=O) groups excluding carboxylic acids is 1. The van der Waals surface area contributed by atoms with Crippen molar-refractivity contribution in [3.63, 3.8) is 0 Å². The number of urea groups is 1. The lowest BCUT2D eigenvalue weighted by atomic mass is 10.2. The van der Waals surface area contributed by atoms with E-state index in [1.807, 2.05) is 5.32 Å². The molecule has 0 aliphatic rings. The molecule has 0 saturated carbocycles. The fraction of sp³-hybridized carbons (Fsp3) is 0. The standard InChI is InChI=1S/C7H7F2N3O/c8-3-1-4(9)6(5(10)2-3)12-7(11)13/h1-2H,10H2,(H3,11,12,13). The lowest BCUT2D eigenvalue weighted by Gasteiger charge is -2.06. The fourth-order valence-corrected chi connectivity index (χ4v) is 0.849. The third-order valence-corrected chi connectivity index (χ3v) is 1.33. The van der Waals surface area contributed by atoms with Crippen LogP contribution in [0.1, 0.15) is 0 Å². The van der Waals surface area contributed by atoms with Crippen LogP contribution < -0.4 is 16.8 Å². The van der Waals surface area contributed by atoms with Crippen molar-refractivity contribution in [1.29, 1.82) is 0 Å². The molecule has 0 saturated heterocycles. The number of nitrogens with two attached hydrogens (primary N) is 2. The Balaban J connectivity index is 3.13. The molecule has 0 bridgehead atoms. The highest BCUT2D eigenvalue weighted by atomic mass is 19.1. The minimum atomic E-state index is -0.962. The number of carbonyl (C=O) groups is 1. The molecule has 13 heavy (non-hydrogen) atoms. The number of hydrogen-bond acceptors (Lipinski definition) is 2. The number of primary amides is 1. The summed E-state index contributed by atoms with van der Waals surface area (Å²) >= 11 is 0. The topological polar surface area (TPSA) is 81.1 Å². The molecule has 0 aliphatic heterocycles. The molecule has 70 valence electrons. The van der Waals surface area contributed by atoms with Gasteiger partial charge in [-0.25, -0.2) is 13.6 Å². The molecule has 0 aliphatic carbocycles. The van der Waals surface area contributed by atoms with Crippen molar-refractivity contribution in [2.75, 3.05) is 11.1 Å². The number of amides is 2. The van der Waals surface area contributed by atoms with E-state index < -0.39 is 17.7 Å². The fourth-order valence-electron chi connectivity index (χ4n) is 0.849. The average Bonchev–Trinajstić information content (AvgIpc) is 1.96. The molecule has 2 amide bonds. The summed E-state index contributed by atoms with van der Waals surface area (Å²) in [7, 11) is 0. The quantitative estimate of drug-likeness (QED) is 0.574. The van der Waals surface area contributed by atoms with Gasteiger partial charge < -0.3 is 16.8 Å². The number of nitrogen functional groups attached to an aromatic ring is 1. The molecule has 0 radical (unpaired) electrons. The van der Waals surface area contributed by atoms with Gasteiger partial charge in [-0.1, -0.05) is 0 Å². The lowest BCUT2D eigenvalue weighted by Crippen LogP contribution is -2.21. The third-order valence-electron chi connectivity index (χ3n) is 1.33. The Morgan fingerprint density at radius 1 is 1.38 bits per heavy atom. The summed E-state index contributed by atoms with van der Waals surface area (Å²) in [6.07, 6.45) is 0. The number of rotatable bonds is 1. The van der Waals surface area contributed by atoms with Gasteiger partial charge in [0.1, 0.15) is 11.5 Å². The summed E-state index contributed by atoms with van der Waals surface area (Å²) in [6.45, 7) is 0. The Kier molecular flexibility index (Phi) is 2.32. The van der Waals surface area contributed by atoms with Crippen molar-refractivity contribution in [2.45, 2.75) is 0 Å². The Morgan fingerprint density at radius 2 is 2.00 bits per heavy atom. The van der Waals surface area contributed by atoms with E-state index in [-0.39, 0.29) is 11.4 Å². The smallest absolute Gasteiger partial charge is 0.316 e. The Bertz CT molecular complexity index is 331. The second kappa shape index (κ2) is 3.26. The zero-order valence-electron chi connectivity index (χ0n) is 6.47. The van der Waals surface area contributed by atoms with Crippen molar-refractivity contribution >= 4 is 17.4 Å². The summed E-state index contributed by atoms with van der Waals surface area (Å²) in [4.78, 5) is 10.4. The first-order valence-corrected chi connectivity index (χ1v) is 3.31. The van der Waals surface area contributed by atoms with E-state index in [1.54, 1.807) is 0 Å². The Labute approximate surface area is 72.5 Å². The number of nitrogens with one attached hydrogen (secondary N) is 1. The van der Waals surface area contributed by atoms with Gasteiger partial charge in [0, 0.05) is 6.07 Å². The van der Waals surface area contributed by atoms with Gasteiger partial charge in [-0.05, 0) is 6.07 Å². The summed E-state index contributed by atoms with van der Waals surface area (Å²) in [5.41, 5.74) is 9.43. The molecule has 4 nitrogen and oxygen atoms in total. The molecule has 0 atom stereocenters. The van der Waals surface area contributed by atoms with E-state index in [2.05, 4.69) is 0 Å². The third kappa shape index (κ3) is 2.05. The highest BCUT2D eigenvalue weighted by molar-refractivity contribution is 5.91. The molecular formula is C7H7F2N3O. The van der Waals surface area contributed by atoms with E-state index in [0.29, 0.717) is 6.07 Å². The first-order chi connectivity index (χ1) is 6.00. The van der Waals surface area contributed by atoms with Crippen LogP contribution >= 0.6 is 0 Å². The van der Waals surface area contributed by atoms with E-state index in [0.717, 1.165) is 6.07 Å². The monoisotopic (exact) mass is 187 g/mol. The van der Waals surface area contributed by atoms with Gasteiger partial charge in [0.15, 0.2) is 5.82 Å². The van der Waals surface area contributed by atoms with Crippen LogP contribution in [0.25, 0.3) is 0 Å². The van der Waals surface area contributed by atoms with Crippen LogP contribution in [0.2, 0.25) is 0 Å². The highest BCUT2D eigenvalue weighted by Crippen LogP contribution is 2.23. The van der Waals surface area contributed by atoms with Crippen molar-refractivity contribution < 1.29 is 13.6 Å². The van der Waals surface area contributed by atoms with Crippen LogP contribution in [0.4, 0.5) is 25.0 Å². The summed E-state index contributed by atoms with van der Waals surface area (Å²) in [5, 5.41) is 1.94. The van der Waals surface area contributed by atoms with E-state index in [4.69, 9.17) is 11.5 Å². The minimum Gasteiger partial charge on any atom is -0.397 e. The Morgan fingerprint density at radius 3 is 2.46 bits per heavy atom. The van der Waals surface area contributed by atoms with Crippen LogP contribution in [-0.2, 0) is 0 Å². The van der Waals surface area contributed by atoms with Gasteiger partial charge in [-0.3, -0.25) is 0 Å². The second-order valence-corrected chi connectivity index (χ2v) is 2.34. The first-order valence-electron chi connectivity index (χ1n) is 3.31. The van der Waals surface area contributed by atoms with Gasteiger partial charge in [0.25, 0.3) is 0 Å². The molecule has 0 heterocycles. The molecule has 1 rings (SSSR count). The summed E-state index contributed by atoms with van der Waals surface area (Å²) in [5.74, 6) is -1.78. The molecule has 0 fully saturated rings. The zero-order chi connectivity index (χ0) is 10.0. The van der Waals surface area contributed by atoms with Crippen molar-refractivity contribution in [3.8, 4) is 0 Å². The summed E-state index contributed by atoms with van der Waals surface area (Å²) < 4.78 is 25.4.